The van der Waals surface area contributed by atoms with Crippen LogP contribution in [-0.2, 0) is 6.18 Å². The highest BCUT2D eigenvalue weighted by molar-refractivity contribution is 9.10. The molecule has 0 spiro atoms. The molecule has 0 N–H and O–H groups in total. The normalized spacial score (nSPS) is 12.0. The third-order valence-electron chi connectivity index (χ3n) is 1.97. The summed E-state index contributed by atoms with van der Waals surface area (Å²) in [7, 11) is 0. The van der Waals surface area contributed by atoms with Crippen molar-refractivity contribution in [3.05, 3.63) is 40.6 Å². The zero-order chi connectivity index (χ0) is 11.1. The quantitative estimate of drug-likeness (QED) is 0.708. The summed E-state index contributed by atoms with van der Waals surface area (Å²) in [6.07, 6.45) is -3.16. The van der Waals surface area contributed by atoms with Crippen molar-refractivity contribution in [2.24, 2.45) is 0 Å². The van der Waals surface area contributed by atoms with E-state index in [9.17, 15) is 13.2 Å². The van der Waals surface area contributed by atoms with Gasteiger partial charge in [-0.3, -0.25) is 4.98 Å². The van der Waals surface area contributed by atoms with Crippen LogP contribution in [-0.4, -0.2) is 4.98 Å². The van der Waals surface area contributed by atoms with E-state index in [-0.39, 0.29) is 0 Å². The Morgan fingerprint density at radius 1 is 1.07 bits per heavy atom. The highest BCUT2D eigenvalue weighted by atomic mass is 79.9. The molecule has 0 amide bonds. The van der Waals surface area contributed by atoms with E-state index in [1.807, 2.05) is 0 Å². The van der Waals surface area contributed by atoms with Gasteiger partial charge in [-0.25, -0.2) is 0 Å². The first-order chi connectivity index (χ1) is 6.97. The van der Waals surface area contributed by atoms with Gasteiger partial charge in [-0.2, -0.15) is 13.2 Å². The maximum Gasteiger partial charge on any atom is 0.433 e. The molecule has 0 aliphatic heterocycles. The fourth-order valence-corrected chi connectivity index (χ4v) is 1.65. The summed E-state index contributed by atoms with van der Waals surface area (Å²) in [4.78, 5) is 3.37. The van der Waals surface area contributed by atoms with Crippen LogP contribution >= 0.6 is 15.9 Å². The van der Waals surface area contributed by atoms with Crippen LogP contribution in [0.2, 0.25) is 0 Å². The van der Waals surface area contributed by atoms with Crippen molar-refractivity contribution in [2.75, 3.05) is 0 Å². The van der Waals surface area contributed by atoms with E-state index >= 15 is 0 Å². The molecule has 2 rings (SSSR count). The van der Waals surface area contributed by atoms with Crippen LogP contribution in [0, 0.1) is 0 Å². The largest absolute Gasteiger partial charge is 0.433 e. The second kappa shape index (κ2) is 3.48. The lowest BCUT2D eigenvalue weighted by atomic mass is 10.1. The summed E-state index contributed by atoms with van der Waals surface area (Å²) >= 11 is 3.24. The number of aromatic nitrogens is 1. The molecule has 1 nitrogen and oxygen atoms in total. The van der Waals surface area contributed by atoms with Gasteiger partial charge in [0.05, 0.1) is 0 Å². The molecule has 15 heavy (non-hydrogen) atoms. The van der Waals surface area contributed by atoms with E-state index in [2.05, 4.69) is 20.9 Å². The molecular weight excluding hydrogens is 271 g/mol. The van der Waals surface area contributed by atoms with Crippen molar-refractivity contribution in [2.45, 2.75) is 6.18 Å². The van der Waals surface area contributed by atoms with Gasteiger partial charge in [0, 0.05) is 16.1 Å². The smallest absolute Gasteiger partial charge is 0.251 e. The van der Waals surface area contributed by atoms with E-state index in [1.54, 1.807) is 18.2 Å². The van der Waals surface area contributed by atoms with Crippen LogP contribution in [0.15, 0.2) is 34.9 Å². The number of alkyl halides is 3. The Morgan fingerprint density at radius 3 is 2.47 bits per heavy atom. The third kappa shape index (κ3) is 2.12. The summed E-state index contributed by atoms with van der Waals surface area (Å²) in [6, 6.07) is 6.09. The molecule has 0 atom stereocenters. The molecule has 0 saturated heterocycles. The molecule has 0 radical (unpaired) electrons. The molecule has 2 aromatic rings. The number of fused-ring (bicyclic) bond motifs is 1. The number of halogens is 4. The molecule has 1 heterocycles. The van der Waals surface area contributed by atoms with Crippen LogP contribution in [0.1, 0.15) is 5.69 Å². The number of hydrogen-bond donors (Lipinski definition) is 0. The van der Waals surface area contributed by atoms with E-state index in [0.29, 0.717) is 10.8 Å². The van der Waals surface area contributed by atoms with Gasteiger partial charge in [0.1, 0.15) is 5.69 Å². The molecule has 1 aromatic heterocycles. The molecule has 0 aliphatic rings. The fraction of sp³-hybridized carbons (Fsp3) is 0.100. The highest BCUT2D eigenvalue weighted by Gasteiger charge is 2.32. The molecular formula is C10H5BrF3N. The lowest BCUT2D eigenvalue weighted by Gasteiger charge is -2.06. The number of pyridine rings is 1. The molecule has 78 valence electrons. The first kappa shape index (κ1) is 10.4. The Kier molecular flexibility index (Phi) is 2.42. The van der Waals surface area contributed by atoms with E-state index in [1.165, 1.54) is 6.20 Å². The topological polar surface area (TPSA) is 12.9 Å². The maximum absolute atomic E-state index is 12.3. The molecule has 0 aliphatic carbocycles. The standard InChI is InChI=1S/C10H5BrF3N/c11-8-2-1-6-4-9(10(12,13)14)15-5-7(6)3-8/h1-5H. The van der Waals surface area contributed by atoms with Crippen molar-refractivity contribution < 1.29 is 13.2 Å². The predicted molar refractivity (Wildman–Crippen MR) is 54.4 cm³/mol. The summed E-state index contributed by atoms with van der Waals surface area (Å²) in [5.74, 6) is 0. The Labute approximate surface area is 92.1 Å². The SMILES string of the molecule is FC(F)(F)c1cc2ccc(Br)cc2cn1. The van der Waals surface area contributed by atoms with Gasteiger partial charge in [0.15, 0.2) is 0 Å². The van der Waals surface area contributed by atoms with Gasteiger partial charge in [-0.05, 0) is 23.6 Å². The van der Waals surface area contributed by atoms with Crippen LogP contribution in [0.4, 0.5) is 13.2 Å². The number of rotatable bonds is 0. The van der Waals surface area contributed by atoms with Gasteiger partial charge in [0.25, 0.3) is 0 Å². The minimum atomic E-state index is -4.39. The average Bonchev–Trinajstić information content (AvgIpc) is 2.15. The molecule has 0 fully saturated rings. The van der Waals surface area contributed by atoms with Crippen molar-refractivity contribution >= 4 is 26.7 Å². The van der Waals surface area contributed by atoms with Crippen LogP contribution < -0.4 is 0 Å². The maximum atomic E-state index is 12.3. The van der Waals surface area contributed by atoms with Crippen molar-refractivity contribution in [3.63, 3.8) is 0 Å². The van der Waals surface area contributed by atoms with Gasteiger partial charge >= 0.3 is 6.18 Å². The minimum Gasteiger partial charge on any atom is -0.251 e. The number of nitrogens with zero attached hydrogens (tertiary/aromatic N) is 1. The fourth-order valence-electron chi connectivity index (χ4n) is 1.27. The first-order valence-corrected chi connectivity index (χ1v) is 4.88. The van der Waals surface area contributed by atoms with Gasteiger partial charge in [-0.15, -0.1) is 0 Å². The van der Waals surface area contributed by atoms with Gasteiger partial charge in [-0.1, -0.05) is 22.0 Å². The zero-order valence-corrected chi connectivity index (χ0v) is 8.93. The Morgan fingerprint density at radius 2 is 1.80 bits per heavy atom. The third-order valence-corrected chi connectivity index (χ3v) is 2.47. The van der Waals surface area contributed by atoms with Gasteiger partial charge < -0.3 is 0 Å². The van der Waals surface area contributed by atoms with Crippen LogP contribution in [0.5, 0.6) is 0 Å². The minimum absolute atomic E-state index is 0.528. The molecule has 1 aromatic carbocycles. The average molecular weight is 276 g/mol. The monoisotopic (exact) mass is 275 g/mol. The first-order valence-electron chi connectivity index (χ1n) is 4.09. The van der Waals surface area contributed by atoms with E-state index in [0.717, 1.165) is 10.5 Å². The zero-order valence-electron chi connectivity index (χ0n) is 7.35. The summed E-state index contributed by atoms with van der Waals surface area (Å²) in [6.45, 7) is 0. The molecule has 5 heteroatoms. The Bertz CT molecular complexity index is 507. The predicted octanol–water partition coefficient (Wildman–Crippen LogP) is 4.02. The Hall–Kier alpha value is -1.10. The molecule has 0 bridgehead atoms. The van der Waals surface area contributed by atoms with Crippen LogP contribution in [0.3, 0.4) is 0 Å². The number of benzene rings is 1. The van der Waals surface area contributed by atoms with Crippen molar-refractivity contribution in [1.29, 1.82) is 0 Å². The van der Waals surface area contributed by atoms with Crippen molar-refractivity contribution in [3.8, 4) is 0 Å². The van der Waals surface area contributed by atoms with Gasteiger partial charge in [0.2, 0.25) is 0 Å². The second-order valence-electron chi connectivity index (χ2n) is 3.06. The highest BCUT2D eigenvalue weighted by Crippen LogP contribution is 2.30. The lowest BCUT2D eigenvalue weighted by Crippen LogP contribution is -2.07. The molecule has 0 unspecified atom stereocenters. The summed E-state index contributed by atoms with van der Waals surface area (Å²) in [5, 5.41) is 1.21. The van der Waals surface area contributed by atoms with Crippen LogP contribution in [0.25, 0.3) is 10.8 Å². The summed E-state index contributed by atoms with van der Waals surface area (Å²) < 4.78 is 37.8. The van der Waals surface area contributed by atoms with E-state index in [4.69, 9.17) is 0 Å². The lowest BCUT2D eigenvalue weighted by molar-refractivity contribution is -0.141. The summed E-state index contributed by atoms with van der Waals surface area (Å²) in [5.41, 5.74) is -0.864. The number of hydrogen-bond acceptors (Lipinski definition) is 1. The Balaban J connectivity index is 2.62. The van der Waals surface area contributed by atoms with Crippen molar-refractivity contribution in [1.82, 2.24) is 4.98 Å². The second-order valence-corrected chi connectivity index (χ2v) is 3.97. The van der Waals surface area contributed by atoms with E-state index < -0.39 is 11.9 Å². The molecule has 0 saturated carbocycles.